The number of H-pyrrole nitrogens is 1. The molecule has 1 atom stereocenters. The van der Waals surface area contributed by atoms with Gasteiger partial charge in [-0.15, -0.1) is 0 Å². The van der Waals surface area contributed by atoms with Crippen molar-refractivity contribution in [1.82, 2.24) is 20.5 Å². The van der Waals surface area contributed by atoms with Crippen LogP contribution in [0.2, 0.25) is 0 Å². The molecule has 2 rings (SSSR count). The van der Waals surface area contributed by atoms with Crippen LogP contribution in [0.15, 0.2) is 24.5 Å². The third-order valence-electron chi connectivity index (χ3n) is 2.77. The number of hydrogen-bond donors (Lipinski definition) is 2. The molecule has 0 fully saturated rings. The van der Waals surface area contributed by atoms with Crippen molar-refractivity contribution in [2.24, 2.45) is 0 Å². The molecule has 1 unspecified atom stereocenters. The minimum atomic E-state index is -0.568. The second kappa shape index (κ2) is 6.38. The standard InChI is InChI=1S/C13H16F2N4/c1-2-3-16-12(13-17-8-18-19-13)6-9-4-10(14)7-11(15)5-9/h4-5,7-8,12,16H,2-3,6H2,1H3,(H,17,18,19). The second-order valence-corrected chi connectivity index (χ2v) is 4.36. The molecule has 0 saturated carbocycles. The van der Waals surface area contributed by atoms with Gasteiger partial charge in [0.15, 0.2) is 0 Å². The molecule has 0 aliphatic carbocycles. The molecule has 4 nitrogen and oxygen atoms in total. The normalized spacial score (nSPS) is 12.6. The van der Waals surface area contributed by atoms with Crippen LogP contribution in [0.1, 0.15) is 30.8 Å². The highest BCUT2D eigenvalue weighted by Gasteiger charge is 2.15. The summed E-state index contributed by atoms with van der Waals surface area (Å²) in [4.78, 5) is 4.09. The molecule has 0 amide bonds. The molecule has 19 heavy (non-hydrogen) atoms. The number of nitrogens with one attached hydrogen (secondary N) is 2. The summed E-state index contributed by atoms with van der Waals surface area (Å²) < 4.78 is 26.4. The summed E-state index contributed by atoms with van der Waals surface area (Å²) in [5, 5.41) is 9.87. The molecule has 0 radical (unpaired) electrons. The van der Waals surface area contributed by atoms with E-state index in [9.17, 15) is 8.78 Å². The van der Waals surface area contributed by atoms with E-state index in [1.165, 1.54) is 18.5 Å². The van der Waals surface area contributed by atoms with Crippen LogP contribution in [0.3, 0.4) is 0 Å². The van der Waals surface area contributed by atoms with Crippen molar-refractivity contribution >= 4 is 0 Å². The molecule has 6 heteroatoms. The maximum Gasteiger partial charge on any atom is 0.141 e. The van der Waals surface area contributed by atoms with Gasteiger partial charge in [-0.25, -0.2) is 13.8 Å². The number of aromatic nitrogens is 3. The average molecular weight is 266 g/mol. The largest absolute Gasteiger partial charge is 0.307 e. The Balaban J connectivity index is 2.15. The zero-order valence-corrected chi connectivity index (χ0v) is 10.7. The van der Waals surface area contributed by atoms with E-state index in [0.717, 1.165) is 19.0 Å². The number of hydrogen-bond acceptors (Lipinski definition) is 3. The van der Waals surface area contributed by atoms with E-state index in [4.69, 9.17) is 0 Å². The van der Waals surface area contributed by atoms with Crippen LogP contribution < -0.4 is 5.32 Å². The summed E-state index contributed by atoms with van der Waals surface area (Å²) in [6.45, 7) is 2.84. The van der Waals surface area contributed by atoms with Gasteiger partial charge in [0.2, 0.25) is 0 Å². The van der Waals surface area contributed by atoms with Crippen molar-refractivity contribution in [2.45, 2.75) is 25.8 Å². The Hall–Kier alpha value is -1.82. The van der Waals surface area contributed by atoms with Crippen molar-refractivity contribution in [2.75, 3.05) is 6.54 Å². The van der Waals surface area contributed by atoms with Gasteiger partial charge in [-0.05, 0) is 37.1 Å². The lowest BCUT2D eigenvalue weighted by molar-refractivity contribution is 0.501. The van der Waals surface area contributed by atoms with Crippen LogP contribution in [0.25, 0.3) is 0 Å². The van der Waals surface area contributed by atoms with Gasteiger partial charge in [0.1, 0.15) is 23.8 Å². The lowest BCUT2D eigenvalue weighted by atomic mass is 10.0. The van der Waals surface area contributed by atoms with Crippen LogP contribution in [-0.2, 0) is 6.42 Å². The maximum absolute atomic E-state index is 13.2. The number of nitrogens with zero attached hydrogens (tertiary/aromatic N) is 2. The van der Waals surface area contributed by atoms with Gasteiger partial charge in [-0.3, -0.25) is 5.10 Å². The van der Waals surface area contributed by atoms with Gasteiger partial charge in [-0.2, -0.15) is 5.10 Å². The van der Waals surface area contributed by atoms with Gasteiger partial charge in [0, 0.05) is 6.07 Å². The fourth-order valence-electron chi connectivity index (χ4n) is 1.93. The molecular formula is C13H16F2N4. The Bertz CT molecular complexity index is 493. The van der Waals surface area contributed by atoms with Crippen LogP contribution in [0, 0.1) is 11.6 Å². The maximum atomic E-state index is 13.2. The molecule has 1 aromatic heterocycles. The van der Waals surface area contributed by atoms with Crippen LogP contribution >= 0.6 is 0 Å². The summed E-state index contributed by atoms with van der Waals surface area (Å²) in [5.41, 5.74) is 0.586. The summed E-state index contributed by atoms with van der Waals surface area (Å²) in [6, 6.07) is 3.40. The summed E-state index contributed by atoms with van der Waals surface area (Å²) in [6.07, 6.45) is 2.83. The van der Waals surface area contributed by atoms with Crippen molar-refractivity contribution in [1.29, 1.82) is 0 Å². The summed E-state index contributed by atoms with van der Waals surface area (Å²) in [7, 11) is 0. The predicted molar refractivity (Wildman–Crippen MR) is 67.5 cm³/mol. The molecule has 2 N–H and O–H groups in total. The molecule has 2 aromatic rings. The van der Waals surface area contributed by atoms with Crippen molar-refractivity contribution < 1.29 is 8.78 Å². The van der Waals surface area contributed by atoms with Crippen LogP contribution in [-0.4, -0.2) is 21.7 Å². The Kier molecular flexibility index (Phi) is 4.57. The highest BCUT2D eigenvalue weighted by Crippen LogP contribution is 2.17. The van der Waals surface area contributed by atoms with Crippen molar-refractivity contribution in [3.05, 3.63) is 47.5 Å². The predicted octanol–water partition coefficient (Wildman–Crippen LogP) is 2.37. The number of rotatable bonds is 6. The molecule has 0 aliphatic heterocycles. The molecule has 0 spiro atoms. The molecule has 0 aliphatic rings. The fraction of sp³-hybridized carbons (Fsp3) is 0.385. The van der Waals surface area contributed by atoms with E-state index in [-0.39, 0.29) is 6.04 Å². The third-order valence-corrected chi connectivity index (χ3v) is 2.77. The molecule has 0 bridgehead atoms. The third kappa shape index (κ3) is 3.82. The monoisotopic (exact) mass is 266 g/mol. The lowest BCUT2D eigenvalue weighted by Crippen LogP contribution is -2.25. The number of benzene rings is 1. The Labute approximate surface area is 110 Å². The molecule has 0 saturated heterocycles. The fourth-order valence-corrected chi connectivity index (χ4v) is 1.93. The summed E-state index contributed by atoms with van der Waals surface area (Å²) in [5.74, 6) is -0.471. The summed E-state index contributed by atoms with van der Waals surface area (Å²) >= 11 is 0. The van der Waals surface area contributed by atoms with E-state index in [0.29, 0.717) is 17.8 Å². The van der Waals surface area contributed by atoms with Gasteiger partial charge in [0.05, 0.1) is 6.04 Å². The molecular weight excluding hydrogens is 250 g/mol. The lowest BCUT2D eigenvalue weighted by Gasteiger charge is -2.16. The van der Waals surface area contributed by atoms with Gasteiger partial charge >= 0.3 is 0 Å². The van der Waals surface area contributed by atoms with Crippen molar-refractivity contribution in [3.8, 4) is 0 Å². The van der Waals surface area contributed by atoms with Gasteiger partial charge < -0.3 is 5.32 Å². The SMILES string of the molecule is CCCNC(Cc1cc(F)cc(F)c1)c1ncn[nH]1. The first kappa shape index (κ1) is 13.6. The van der Waals surface area contributed by atoms with Crippen LogP contribution in [0.5, 0.6) is 0 Å². The molecule has 1 heterocycles. The highest BCUT2D eigenvalue weighted by molar-refractivity contribution is 5.20. The Morgan fingerprint density at radius 3 is 2.58 bits per heavy atom. The topological polar surface area (TPSA) is 53.6 Å². The zero-order valence-electron chi connectivity index (χ0n) is 10.7. The number of halogens is 2. The first-order valence-electron chi connectivity index (χ1n) is 6.22. The second-order valence-electron chi connectivity index (χ2n) is 4.36. The van der Waals surface area contributed by atoms with E-state index < -0.39 is 11.6 Å². The molecule has 1 aromatic carbocycles. The first-order valence-corrected chi connectivity index (χ1v) is 6.22. The van der Waals surface area contributed by atoms with E-state index in [1.54, 1.807) is 0 Å². The quantitative estimate of drug-likeness (QED) is 0.844. The van der Waals surface area contributed by atoms with Crippen LogP contribution in [0.4, 0.5) is 8.78 Å². The average Bonchev–Trinajstić information content (AvgIpc) is 2.87. The smallest absolute Gasteiger partial charge is 0.141 e. The van der Waals surface area contributed by atoms with E-state index in [2.05, 4.69) is 20.5 Å². The number of aromatic amines is 1. The Morgan fingerprint density at radius 2 is 2.00 bits per heavy atom. The van der Waals surface area contributed by atoms with E-state index in [1.807, 2.05) is 6.92 Å². The zero-order chi connectivity index (χ0) is 13.7. The van der Waals surface area contributed by atoms with Gasteiger partial charge in [0.25, 0.3) is 0 Å². The van der Waals surface area contributed by atoms with E-state index >= 15 is 0 Å². The first-order chi connectivity index (χ1) is 9.19. The van der Waals surface area contributed by atoms with Gasteiger partial charge in [-0.1, -0.05) is 6.92 Å². The molecule has 102 valence electrons. The highest BCUT2D eigenvalue weighted by atomic mass is 19.1. The Morgan fingerprint density at radius 1 is 1.26 bits per heavy atom. The minimum absolute atomic E-state index is 0.136. The van der Waals surface area contributed by atoms with Crippen molar-refractivity contribution in [3.63, 3.8) is 0 Å². The minimum Gasteiger partial charge on any atom is -0.307 e.